The summed E-state index contributed by atoms with van der Waals surface area (Å²) in [6.07, 6.45) is 0. The van der Waals surface area contributed by atoms with Gasteiger partial charge in [-0.05, 0) is 57.5 Å². The third-order valence-corrected chi connectivity index (χ3v) is 4.28. The van der Waals surface area contributed by atoms with Gasteiger partial charge in [-0.1, -0.05) is 0 Å². The second-order valence-corrected chi connectivity index (χ2v) is 6.22. The quantitative estimate of drug-likeness (QED) is 0.638. The number of aromatic amines is 1. The van der Waals surface area contributed by atoms with Crippen molar-refractivity contribution in [2.45, 2.75) is 34.2 Å². The minimum Gasteiger partial charge on any atom is -0.358 e. The molecule has 0 aliphatic rings. The summed E-state index contributed by atoms with van der Waals surface area (Å²) < 4.78 is 1.59. The number of fused-ring (bicyclic) bond motifs is 1. The van der Waals surface area contributed by atoms with Gasteiger partial charge < -0.3 is 4.98 Å². The number of rotatable bonds is 3. The third kappa shape index (κ3) is 3.40. The number of hydrazine groups is 1. The molecule has 0 atom stereocenters. The van der Waals surface area contributed by atoms with E-state index < -0.39 is 0 Å². The van der Waals surface area contributed by atoms with Crippen LogP contribution in [0.25, 0.3) is 10.9 Å². The van der Waals surface area contributed by atoms with Crippen molar-refractivity contribution in [2.24, 2.45) is 0 Å². The molecule has 3 N–H and O–H groups in total. The number of hydrogen-bond donors (Lipinski definition) is 3. The van der Waals surface area contributed by atoms with Gasteiger partial charge in [-0.25, -0.2) is 0 Å². The highest BCUT2D eigenvalue weighted by Crippen LogP contribution is 2.22. The summed E-state index contributed by atoms with van der Waals surface area (Å²) in [5.41, 5.74) is 10.3. The van der Waals surface area contributed by atoms with E-state index in [4.69, 9.17) is 0 Å². The molecule has 1 aromatic carbocycles. The molecule has 0 saturated heterocycles. The minimum absolute atomic E-state index is 0.0507. The van der Waals surface area contributed by atoms with Gasteiger partial charge in [0.15, 0.2) is 0 Å². The van der Waals surface area contributed by atoms with Crippen LogP contribution in [0, 0.1) is 27.7 Å². The van der Waals surface area contributed by atoms with Crippen LogP contribution in [-0.4, -0.2) is 26.6 Å². The third-order valence-electron chi connectivity index (χ3n) is 4.28. The van der Waals surface area contributed by atoms with Crippen LogP contribution >= 0.6 is 0 Å². The molecule has 0 unspecified atom stereocenters. The summed E-state index contributed by atoms with van der Waals surface area (Å²) in [7, 11) is 0. The Kier molecular flexibility index (Phi) is 4.31. The van der Waals surface area contributed by atoms with Crippen LogP contribution in [0.1, 0.15) is 33.0 Å². The predicted molar refractivity (Wildman–Crippen MR) is 95.1 cm³/mol. The first-order valence-electron chi connectivity index (χ1n) is 8.04. The van der Waals surface area contributed by atoms with Gasteiger partial charge >= 0.3 is 0 Å². The molecule has 0 fully saturated rings. The van der Waals surface area contributed by atoms with E-state index in [1.54, 1.807) is 10.7 Å². The Hall–Kier alpha value is -3.09. The lowest BCUT2D eigenvalue weighted by Crippen LogP contribution is -2.43. The first-order chi connectivity index (χ1) is 11.8. The maximum atomic E-state index is 12.3. The molecule has 0 bridgehead atoms. The fraction of sp³-hybridized carbons (Fsp3) is 0.278. The van der Waals surface area contributed by atoms with E-state index in [0.29, 0.717) is 5.56 Å². The summed E-state index contributed by atoms with van der Waals surface area (Å²) in [6.45, 7) is 7.79. The number of hydrogen-bond acceptors (Lipinski definition) is 3. The standard InChI is InChI=1S/C18H21N5O2/c1-10-7-11(2)23(22-10)9-17(24)20-21-18(25)14-5-6-16-15(8-14)12(3)13(4)19-16/h5-8,19H,9H2,1-4H3,(H,20,24)(H,21,25). The molecule has 3 aromatic rings. The van der Waals surface area contributed by atoms with Crippen molar-refractivity contribution in [1.29, 1.82) is 0 Å². The van der Waals surface area contributed by atoms with Crippen LogP contribution in [-0.2, 0) is 11.3 Å². The Morgan fingerprint density at radius 3 is 2.56 bits per heavy atom. The first-order valence-corrected chi connectivity index (χ1v) is 8.04. The topological polar surface area (TPSA) is 91.8 Å². The highest BCUT2D eigenvalue weighted by atomic mass is 16.2. The lowest BCUT2D eigenvalue weighted by atomic mass is 10.1. The van der Waals surface area contributed by atoms with Crippen molar-refractivity contribution in [3.05, 3.63) is 52.5 Å². The molecule has 0 aliphatic carbocycles. The van der Waals surface area contributed by atoms with Crippen molar-refractivity contribution < 1.29 is 9.59 Å². The largest absolute Gasteiger partial charge is 0.358 e. The lowest BCUT2D eigenvalue weighted by molar-refractivity contribution is -0.122. The fourth-order valence-electron chi connectivity index (χ4n) is 2.81. The summed E-state index contributed by atoms with van der Waals surface area (Å²) in [5, 5.41) is 5.22. The van der Waals surface area contributed by atoms with Crippen LogP contribution in [0.15, 0.2) is 24.3 Å². The molecule has 2 heterocycles. The molecule has 25 heavy (non-hydrogen) atoms. The molecule has 3 rings (SSSR count). The second-order valence-electron chi connectivity index (χ2n) is 6.22. The summed E-state index contributed by atoms with van der Waals surface area (Å²) >= 11 is 0. The molecular weight excluding hydrogens is 318 g/mol. The van der Waals surface area contributed by atoms with E-state index in [1.165, 1.54) is 0 Å². The Labute approximate surface area is 145 Å². The molecule has 130 valence electrons. The number of aryl methyl sites for hydroxylation is 4. The number of carbonyl (C=O) groups is 2. The van der Waals surface area contributed by atoms with Gasteiger partial charge in [-0.15, -0.1) is 0 Å². The Morgan fingerprint density at radius 1 is 1.12 bits per heavy atom. The van der Waals surface area contributed by atoms with Gasteiger partial charge in [0.25, 0.3) is 11.8 Å². The highest BCUT2D eigenvalue weighted by Gasteiger charge is 2.12. The maximum absolute atomic E-state index is 12.3. The summed E-state index contributed by atoms with van der Waals surface area (Å²) in [4.78, 5) is 27.5. The first kappa shape index (κ1) is 16.8. The zero-order chi connectivity index (χ0) is 18.1. The van der Waals surface area contributed by atoms with E-state index in [2.05, 4.69) is 20.9 Å². The molecule has 7 nitrogen and oxygen atoms in total. The van der Waals surface area contributed by atoms with Crippen LogP contribution in [0.4, 0.5) is 0 Å². The van der Waals surface area contributed by atoms with Crippen molar-refractivity contribution in [1.82, 2.24) is 25.6 Å². The fourth-order valence-corrected chi connectivity index (χ4v) is 2.81. The Bertz CT molecular complexity index is 967. The maximum Gasteiger partial charge on any atom is 0.269 e. The van der Waals surface area contributed by atoms with E-state index in [0.717, 1.165) is 33.5 Å². The lowest BCUT2D eigenvalue weighted by Gasteiger charge is -2.08. The van der Waals surface area contributed by atoms with E-state index >= 15 is 0 Å². The number of amides is 2. The zero-order valence-corrected chi connectivity index (χ0v) is 14.7. The average Bonchev–Trinajstić information content (AvgIpc) is 3.03. The highest BCUT2D eigenvalue weighted by molar-refractivity contribution is 5.99. The molecule has 0 saturated carbocycles. The molecular formula is C18H21N5O2. The van der Waals surface area contributed by atoms with Crippen LogP contribution in [0.2, 0.25) is 0 Å². The number of aromatic nitrogens is 3. The smallest absolute Gasteiger partial charge is 0.269 e. The average molecular weight is 339 g/mol. The number of benzene rings is 1. The van der Waals surface area contributed by atoms with Crippen molar-refractivity contribution >= 4 is 22.7 Å². The van der Waals surface area contributed by atoms with E-state index in [-0.39, 0.29) is 18.4 Å². The van der Waals surface area contributed by atoms with Gasteiger partial charge in [0.1, 0.15) is 6.54 Å². The van der Waals surface area contributed by atoms with Gasteiger partial charge in [0, 0.05) is 27.9 Å². The zero-order valence-electron chi connectivity index (χ0n) is 14.7. The molecule has 2 aromatic heterocycles. The van der Waals surface area contributed by atoms with Gasteiger partial charge in [0.2, 0.25) is 0 Å². The second kappa shape index (κ2) is 6.43. The molecule has 0 spiro atoms. The van der Waals surface area contributed by atoms with Crippen LogP contribution in [0.3, 0.4) is 0 Å². The monoisotopic (exact) mass is 339 g/mol. The van der Waals surface area contributed by atoms with Crippen molar-refractivity contribution in [2.75, 3.05) is 0 Å². The molecule has 0 radical (unpaired) electrons. The Morgan fingerprint density at radius 2 is 1.88 bits per heavy atom. The number of nitrogens with zero attached hydrogens (tertiary/aromatic N) is 2. The normalized spacial score (nSPS) is 10.9. The Balaban J connectivity index is 1.65. The van der Waals surface area contributed by atoms with Crippen molar-refractivity contribution in [3.63, 3.8) is 0 Å². The molecule has 0 aliphatic heterocycles. The summed E-state index contributed by atoms with van der Waals surface area (Å²) in [5.74, 6) is -0.698. The number of carbonyl (C=O) groups excluding carboxylic acids is 2. The summed E-state index contributed by atoms with van der Waals surface area (Å²) in [6, 6.07) is 7.29. The van der Waals surface area contributed by atoms with Crippen molar-refractivity contribution in [3.8, 4) is 0 Å². The number of H-pyrrole nitrogens is 1. The molecule has 2 amide bonds. The molecule has 7 heteroatoms. The van der Waals surface area contributed by atoms with Crippen LogP contribution in [0.5, 0.6) is 0 Å². The van der Waals surface area contributed by atoms with Gasteiger partial charge in [-0.2, -0.15) is 5.10 Å². The number of nitrogens with one attached hydrogen (secondary N) is 3. The van der Waals surface area contributed by atoms with Gasteiger partial charge in [-0.3, -0.25) is 25.1 Å². The minimum atomic E-state index is -0.359. The van der Waals surface area contributed by atoms with E-state index in [1.807, 2.05) is 45.9 Å². The van der Waals surface area contributed by atoms with Crippen LogP contribution < -0.4 is 10.9 Å². The SMILES string of the molecule is Cc1cc(C)n(CC(=O)NNC(=O)c2ccc3[nH]c(C)c(C)c3c2)n1. The predicted octanol–water partition coefficient (Wildman–Crippen LogP) is 2.06. The van der Waals surface area contributed by atoms with Gasteiger partial charge in [0.05, 0.1) is 5.69 Å². The van der Waals surface area contributed by atoms with E-state index in [9.17, 15) is 9.59 Å².